The molecule has 3 heterocycles. The van der Waals surface area contributed by atoms with Crippen molar-refractivity contribution in [1.29, 1.82) is 0 Å². The van der Waals surface area contributed by atoms with Gasteiger partial charge in [0.1, 0.15) is 5.52 Å². The van der Waals surface area contributed by atoms with Crippen molar-refractivity contribution in [3.63, 3.8) is 0 Å². The zero-order valence-corrected chi connectivity index (χ0v) is 31.3. The molecule has 12 rings (SSSR count). The van der Waals surface area contributed by atoms with Crippen LogP contribution in [0.3, 0.4) is 0 Å². The van der Waals surface area contributed by atoms with Crippen LogP contribution in [-0.2, 0) is 0 Å². The van der Waals surface area contributed by atoms with Gasteiger partial charge in [-0.05, 0) is 90.3 Å². The number of hydrogen-bond donors (Lipinski definition) is 0. The highest BCUT2D eigenvalue weighted by molar-refractivity contribution is 6.25. The van der Waals surface area contributed by atoms with Gasteiger partial charge in [0.15, 0.2) is 5.58 Å². The molecule has 0 spiro atoms. The number of nitrogens with zero attached hydrogens (tertiary/aromatic N) is 4. The third-order valence-electron chi connectivity index (χ3n) is 11.5. The summed E-state index contributed by atoms with van der Waals surface area (Å²) in [7, 11) is 0. The second kappa shape index (κ2) is 12.8. The Balaban J connectivity index is 1.17. The number of para-hydroxylation sites is 5. The maximum atomic E-state index is 6.79. The van der Waals surface area contributed by atoms with Crippen molar-refractivity contribution in [3.8, 4) is 22.8 Å². The third kappa shape index (κ3) is 4.87. The molecule has 0 aliphatic carbocycles. The minimum Gasteiger partial charge on any atom is -0.434 e. The maximum Gasteiger partial charge on any atom is 0.227 e. The number of rotatable bonds is 6. The van der Waals surface area contributed by atoms with Gasteiger partial charge < -0.3 is 18.5 Å². The van der Waals surface area contributed by atoms with E-state index in [2.05, 4.69) is 184 Å². The molecular weight excluding hydrogens is 709 g/mol. The number of hydrogen-bond acceptors (Lipinski definition) is 3. The fourth-order valence-electron chi connectivity index (χ4n) is 9.01. The molecule has 0 radical (unpaired) electrons. The highest BCUT2D eigenvalue weighted by Gasteiger charge is 2.26. The molecule has 12 aromatic rings. The van der Waals surface area contributed by atoms with Crippen molar-refractivity contribution in [1.82, 2.24) is 14.1 Å². The van der Waals surface area contributed by atoms with Crippen LogP contribution in [0, 0.1) is 0 Å². The van der Waals surface area contributed by atoms with E-state index < -0.39 is 0 Å². The third-order valence-corrected chi connectivity index (χ3v) is 11.5. The molecule has 0 unspecified atom stereocenters. The Kier molecular flexibility index (Phi) is 7.16. The summed E-state index contributed by atoms with van der Waals surface area (Å²) in [5.41, 5.74) is 12.3. The number of benzene rings is 9. The number of oxazole rings is 1. The summed E-state index contributed by atoms with van der Waals surface area (Å²) < 4.78 is 11.6. The molecule has 0 amide bonds. The normalized spacial score (nSPS) is 11.8. The van der Waals surface area contributed by atoms with Crippen molar-refractivity contribution >= 4 is 82.5 Å². The quantitative estimate of drug-likeness (QED) is 0.170. The molecule has 0 N–H and O–H groups in total. The first-order valence-electron chi connectivity index (χ1n) is 19.6. The second-order valence-corrected chi connectivity index (χ2v) is 14.8. The number of fused-ring (bicyclic) bond motifs is 9. The van der Waals surface area contributed by atoms with Crippen LogP contribution in [0.1, 0.15) is 0 Å². The summed E-state index contributed by atoms with van der Waals surface area (Å²) in [6, 6.07) is 73.2. The zero-order chi connectivity index (χ0) is 38.2. The van der Waals surface area contributed by atoms with E-state index in [9.17, 15) is 0 Å². The maximum absolute atomic E-state index is 6.79. The lowest BCUT2D eigenvalue weighted by atomic mass is 10.0. The fraction of sp³-hybridized carbons (Fsp3) is 0. The molecule has 5 heteroatoms. The minimum absolute atomic E-state index is 0.592. The zero-order valence-electron chi connectivity index (χ0n) is 31.3. The van der Waals surface area contributed by atoms with Crippen LogP contribution in [-0.4, -0.2) is 14.1 Å². The highest BCUT2D eigenvalue weighted by atomic mass is 16.3. The van der Waals surface area contributed by atoms with Crippen molar-refractivity contribution in [2.75, 3.05) is 4.90 Å². The van der Waals surface area contributed by atoms with Crippen molar-refractivity contribution in [3.05, 3.63) is 206 Å². The molecule has 0 fully saturated rings. The number of anilines is 3. The lowest BCUT2D eigenvalue weighted by Crippen LogP contribution is -2.11. The van der Waals surface area contributed by atoms with Crippen LogP contribution in [0.25, 0.3) is 88.3 Å². The largest absolute Gasteiger partial charge is 0.434 e. The van der Waals surface area contributed by atoms with E-state index in [-0.39, 0.29) is 0 Å². The van der Waals surface area contributed by atoms with Crippen LogP contribution < -0.4 is 4.90 Å². The van der Waals surface area contributed by atoms with Crippen LogP contribution in [0.15, 0.2) is 211 Å². The molecule has 9 aromatic carbocycles. The average molecular weight is 743 g/mol. The molecule has 58 heavy (non-hydrogen) atoms. The Hall–Kier alpha value is -7.89. The van der Waals surface area contributed by atoms with Gasteiger partial charge in [-0.2, -0.15) is 0 Å². The molecule has 0 aliphatic rings. The standard InChI is InChI=1S/C53H34N4O/c1-3-16-35(17-4-1)53-54-44-25-15-29-48(52(44)58-53)56(39-32-30-38(31-33-39)55-45-26-12-9-22-41(45)42-23-10-13-27-46(42)55)49-34-36-18-7-8-21-40(36)51-50(49)43-24-11-14-28-47(43)57(51)37-19-5-2-6-20-37/h1-34H. The molecular formula is C53H34N4O. The Labute approximate surface area is 333 Å². The molecule has 0 bridgehead atoms. The van der Waals surface area contributed by atoms with Crippen molar-refractivity contribution in [2.45, 2.75) is 0 Å². The molecule has 0 aliphatic heterocycles. The molecule has 0 saturated carbocycles. The van der Waals surface area contributed by atoms with Crippen LogP contribution >= 0.6 is 0 Å². The van der Waals surface area contributed by atoms with Gasteiger partial charge in [-0.1, -0.05) is 121 Å². The lowest BCUT2D eigenvalue weighted by molar-refractivity contribution is 0.620. The summed E-state index contributed by atoms with van der Waals surface area (Å²) in [5, 5.41) is 7.14. The molecule has 0 saturated heterocycles. The summed E-state index contributed by atoms with van der Waals surface area (Å²) >= 11 is 0. The Bertz CT molecular complexity index is 3450. The van der Waals surface area contributed by atoms with Gasteiger partial charge in [0, 0.05) is 49.6 Å². The minimum atomic E-state index is 0.592. The van der Waals surface area contributed by atoms with E-state index in [1.165, 1.54) is 32.6 Å². The Morgan fingerprint density at radius 1 is 0.431 bits per heavy atom. The summed E-state index contributed by atoms with van der Waals surface area (Å²) in [5.74, 6) is 0.592. The van der Waals surface area contributed by atoms with Gasteiger partial charge in [0.2, 0.25) is 5.89 Å². The number of aromatic nitrogens is 3. The predicted octanol–water partition coefficient (Wildman–Crippen LogP) is 14.3. The summed E-state index contributed by atoms with van der Waals surface area (Å²) in [6.07, 6.45) is 0. The van der Waals surface area contributed by atoms with Gasteiger partial charge in [-0.25, -0.2) is 4.98 Å². The van der Waals surface area contributed by atoms with E-state index >= 15 is 0 Å². The summed E-state index contributed by atoms with van der Waals surface area (Å²) in [4.78, 5) is 7.39. The molecule has 5 nitrogen and oxygen atoms in total. The van der Waals surface area contributed by atoms with Gasteiger partial charge in [0.25, 0.3) is 0 Å². The van der Waals surface area contributed by atoms with Gasteiger partial charge in [0.05, 0.1) is 33.4 Å². The van der Waals surface area contributed by atoms with Crippen LogP contribution in [0.5, 0.6) is 0 Å². The first kappa shape index (κ1) is 32.4. The van der Waals surface area contributed by atoms with E-state index in [1.54, 1.807) is 0 Å². The van der Waals surface area contributed by atoms with E-state index in [1.807, 2.05) is 36.4 Å². The SMILES string of the molecule is c1ccc(-c2nc3cccc(N(c4ccc(-n5c6ccccc6c6ccccc65)cc4)c4cc5ccccc5c5c4c4ccccc4n5-c4ccccc4)c3o2)cc1. The average Bonchev–Trinajstić information content (AvgIpc) is 3.99. The van der Waals surface area contributed by atoms with E-state index in [0.717, 1.165) is 66.9 Å². The molecule has 3 aromatic heterocycles. The molecule has 272 valence electrons. The van der Waals surface area contributed by atoms with Crippen molar-refractivity contribution in [2.24, 2.45) is 0 Å². The Morgan fingerprint density at radius 3 is 1.71 bits per heavy atom. The predicted molar refractivity (Wildman–Crippen MR) is 240 cm³/mol. The first-order chi connectivity index (χ1) is 28.8. The van der Waals surface area contributed by atoms with Gasteiger partial charge >= 0.3 is 0 Å². The highest BCUT2D eigenvalue weighted by Crippen LogP contribution is 2.48. The van der Waals surface area contributed by atoms with E-state index in [4.69, 9.17) is 9.40 Å². The van der Waals surface area contributed by atoms with Crippen molar-refractivity contribution < 1.29 is 4.42 Å². The van der Waals surface area contributed by atoms with Gasteiger partial charge in [-0.15, -0.1) is 0 Å². The monoisotopic (exact) mass is 742 g/mol. The molecule has 0 atom stereocenters. The smallest absolute Gasteiger partial charge is 0.227 e. The van der Waals surface area contributed by atoms with E-state index in [0.29, 0.717) is 5.89 Å². The summed E-state index contributed by atoms with van der Waals surface area (Å²) in [6.45, 7) is 0. The first-order valence-corrected chi connectivity index (χ1v) is 19.6. The Morgan fingerprint density at radius 2 is 1.00 bits per heavy atom. The van der Waals surface area contributed by atoms with Gasteiger partial charge in [-0.3, -0.25) is 0 Å². The van der Waals surface area contributed by atoms with Crippen LogP contribution in [0.2, 0.25) is 0 Å². The fourth-order valence-corrected chi connectivity index (χ4v) is 9.01. The topological polar surface area (TPSA) is 39.1 Å². The second-order valence-electron chi connectivity index (χ2n) is 14.8. The van der Waals surface area contributed by atoms with Crippen LogP contribution in [0.4, 0.5) is 17.1 Å². The lowest BCUT2D eigenvalue weighted by Gasteiger charge is -2.27.